The molecule has 1 aromatic carbocycles. The van der Waals surface area contributed by atoms with E-state index in [9.17, 15) is 4.79 Å². The van der Waals surface area contributed by atoms with Crippen LogP contribution in [0.3, 0.4) is 0 Å². The van der Waals surface area contributed by atoms with Gasteiger partial charge in [-0.1, -0.05) is 12.1 Å². The molecule has 0 saturated carbocycles. The third-order valence-electron chi connectivity index (χ3n) is 4.42. The van der Waals surface area contributed by atoms with Crippen molar-refractivity contribution in [3.8, 4) is 22.6 Å². The highest BCUT2D eigenvalue weighted by Gasteiger charge is 2.24. The maximum Gasteiger partial charge on any atom is 0.255 e. The molecule has 2 aromatic heterocycles. The van der Waals surface area contributed by atoms with Crippen LogP contribution in [0.4, 0.5) is 0 Å². The summed E-state index contributed by atoms with van der Waals surface area (Å²) in [6.45, 7) is 0.826. The SMILES string of the molecule is CN(CC1COc2ccccc2O1)C(=O)c1cncc(-c2cnn(C)c2)c1. The average molecular weight is 364 g/mol. The Morgan fingerprint density at radius 2 is 2.04 bits per heavy atom. The zero-order chi connectivity index (χ0) is 18.8. The fourth-order valence-electron chi connectivity index (χ4n) is 3.05. The van der Waals surface area contributed by atoms with Gasteiger partial charge in [-0.15, -0.1) is 0 Å². The molecule has 0 saturated heterocycles. The highest BCUT2D eigenvalue weighted by Crippen LogP contribution is 2.31. The molecule has 0 spiro atoms. The van der Waals surface area contributed by atoms with Gasteiger partial charge in [-0.3, -0.25) is 14.5 Å². The summed E-state index contributed by atoms with van der Waals surface area (Å²) in [5.41, 5.74) is 2.30. The second-order valence-electron chi connectivity index (χ2n) is 6.55. The van der Waals surface area contributed by atoms with Crippen molar-refractivity contribution < 1.29 is 14.3 Å². The molecular formula is C20H20N4O3. The second-order valence-corrected chi connectivity index (χ2v) is 6.55. The molecule has 3 heterocycles. The summed E-state index contributed by atoms with van der Waals surface area (Å²) in [5, 5.41) is 4.16. The van der Waals surface area contributed by atoms with Crippen LogP contribution in [0.15, 0.2) is 55.1 Å². The lowest BCUT2D eigenvalue weighted by atomic mass is 10.1. The molecule has 27 heavy (non-hydrogen) atoms. The van der Waals surface area contributed by atoms with Gasteiger partial charge in [-0.05, 0) is 18.2 Å². The zero-order valence-corrected chi connectivity index (χ0v) is 15.2. The predicted octanol–water partition coefficient (Wildman–Crippen LogP) is 2.39. The van der Waals surface area contributed by atoms with Crippen LogP contribution in [-0.2, 0) is 7.05 Å². The lowest BCUT2D eigenvalue weighted by molar-refractivity contribution is 0.0520. The molecule has 0 aliphatic carbocycles. The first-order valence-corrected chi connectivity index (χ1v) is 8.68. The number of likely N-dealkylation sites (N-methyl/N-ethyl adjacent to an activating group) is 1. The fourth-order valence-corrected chi connectivity index (χ4v) is 3.05. The minimum atomic E-state index is -0.219. The van der Waals surface area contributed by atoms with Gasteiger partial charge in [0.2, 0.25) is 0 Å². The Kier molecular flexibility index (Phi) is 4.50. The van der Waals surface area contributed by atoms with E-state index in [4.69, 9.17) is 9.47 Å². The Hall–Kier alpha value is -3.35. The lowest BCUT2D eigenvalue weighted by Gasteiger charge is -2.29. The number of rotatable bonds is 4. The van der Waals surface area contributed by atoms with Crippen LogP contribution in [-0.4, -0.2) is 51.9 Å². The van der Waals surface area contributed by atoms with Gasteiger partial charge < -0.3 is 14.4 Å². The molecule has 7 heteroatoms. The van der Waals surface area contributed by atoms with E-state index in [1.807, 2.05) is 43.6 Å². The van der Waals surface area contributed by atoms with Crippen molar-refractivity contribution in [2.24, 2.45) is 7.05 Å². The number of amides is 1. The zero-order valence-electron chi connectivity index (χ0n) is 15.2. The van der Waals surface area contributed by atoms with E-state index >= 15 is 0 Å². The second kappa shape index (κ2) is 7.11. The number of ether oxygens (including phenoxy) is 2. The monoisotopic (exact) mass is 364 g/mol. The molecule has 0 fully saturated rings. The van der Waals surface area contributed by atoms with Crippen LogP contribution < -0.4 is 9.47 Å². The normalized spacial score (nSPS) is 15.4. The van der Waals surface area contributed by atoms with Gasteiger partial charge in [0, 0.05) is 43.8 Å². The lowest BCUT2D eigenvalue weighted by Crippen LogP contribution is -2.41. The van der Waals surface area contributed by atoms with E-state index < -0.39 is 0 Å². The summed E-state index contributed by atoms with van der Waals surface area (Å²) in [6.07, 6.45) is 6.72. The Morgan fingerprint density at radius 1 is 1.22 bits per heavy atom. The molecule has 7 nitrogen and oxygen atoms in total. The summed E-state index contributed by atoms with van der Waals surface area (Å²) >= 11 is 0. The van der Waals surface area contributed by atoms with Gasteiger partial charge in [0.1, 0.15) is 6.61 Å². The van der Waals surface area contributed by atoms with Gasteiger partial charge in [-0.25, -0.2) is 0 Å². The van der Waals surface area contributed by atoms with Crippen LogP contribution in [0.2, 0.25) is 0 Å². The maximum absolute atomic E-state index is 12.8. The van der Waals surface area contributed by atoms with Crippen molar-refractivity contribution in [2.45, 2.75) is 6.10 Å². The number of nitrogens with zero attached hydrogens (tertiary/aromatic N) is 4. The molecule has 0 radical (unpaired) electrons. The third-order valence-corrected chi connectivity index (χ3v) is 4.42. The van der Waals surface area contributed by atoms with Crippen molar-refractivity contribution >= 4 is 5.91 Å². The minimum Gasteiger partial charge on any atom is -0.486 e. The number of fused-ring (bicyclic) bond motifs is 1. The van der Waals surface area contributed by atoms with Gasteiger partial charge in [-0.2, -0.15) is 5.10 Å². The molecule has 1 aliphatic rings. The predicted molar refractivity (Wildman–Crippen MR) is 99.8 cm³/mol. The molecule has 138 valence electrons. The largest absolute Gasteiger partial charge is 0.486 e. The Morgan fingerprint density at radius 3 is 2.81 bits per heavy atom. The first kappa shape index (κ1) is 17.1. The van der Waals surface area contributed by atoms with E-state index in [0.29, 0.717) is 24.5 Å². The standard InChI is InChI=1S/C20H20N4O3/c1-23(12-17-13-26-18-5-3-4-6-19(18)27-17)20(25)15-7-14(8-21-9-15)16-10-22-24(2)11-16/h3-11,17H,12-13H2,1-2H3. The van der Waals surface area contributed by atoms with E-state index in [2.05, 4.69) is 10.1 Å². The summed E-state index contributed by atoms with van der Waals surface area (Å²) < 4.78 is 13.4. The van der Waals surface area contributed by atoms with Crippen LogP contribution in [0.5, 0.6) is 11.5 Å². The summed E-state index contributed by atoms with van der Waals surface area (Å²) in [5.74, 6) is 1.32. The molecule has 1 unspecified atom stereocenters. The van der Waals surface area contributed by atoms with Crippen LogP contribution in [0.25, 0.3) is 11.1 Å². The minimum absolute atomic E-state index is 0.115. The van der Waals surface area contributed by atoms with Gasteiger partial charge in [0.25, 0.3) is 5.91 Å². The highest BCUT2D eigenvalue weighted by molar-refractivity contribution is 5.94. The molecule has 1 aliphatic heterocycles. The van der Waals surface area contributed by atoms with Gasteiger partial charge in [0.05, 0.1) is 18.3 Å². The smallest absolute Gasteiger partial charge is 0.255 e. The van der Waals surface area contributed by atoms with Crippen LogP contribution >= 0.6 is 0 Å². The Bertz CT molecular complexity index is 969. The molecule has 1 atom stereocenters. The van der Waals surface area contributed by atoms with E-state index in [-0.39, 0.29) is 12.0 Å². The molecule has 1 amide bonds. The Balaban J connectivity index is 1.45. The number of aromatic nitrogens is 3. The van der Waals surface area contributed by atoms with Crippen molar-refractivity contribution in [3.63, 3.8) is 0 Å². The van der Waals surface area contributed by atoms with Crippen molar-refractivity contribution in [2.75, 3.05) is 20.2 Å². The van der Waals surface area contributed by atoms with E-state index in [0.717, 1.165) is 16.9 Å². The first-order chi connectivity index (χ1) is 13.1. The number of carbonyl (C=O) groups is 1. The number of hydrogen-bond donors (Lipinski definition) is 0. The summed E-state index contributed by atoms with van der Waals surface area (Å²) in [4.78, 5) is 18.7. The van der Waals surface area contributed by atoms with E-state index in [1.165, 1.54) is 0 Å². The first-order valence-electron chi connectivity index (χ1n) is 8.68. The van der Waals surface area contributed by atoms with Gasteiger partial charge in [0.15, 0.2) is 17.6 Å². The topological polar surface area (TPSA) is 69.5 Å². The molecule has 4 rings (SSSR count). The van der Waals surface area contributed by atoms with Crippen molar-refractivity contribution in [1.82, 2.24) is 19.7 Å². The quantitative estimate of drug-likeness (QED) is 0.711. The summed E-state index contributed by atoms with van der Waals surface area (Å²) in [7, 11) is 3.60. The highest BCUT2D eigenvalue weighted by atomic mass is 16.6. The summed E-state index contributed by atoms with van der Waals surface area (Å²) in [6, 6.07) is 9.37. The molecule has 0 N–H and O–H groups in total. The van der Waals surface area contributed by atoms with Gasteiger partial charge >= 0.3 is 0 Å². The van der Waals surface area contributed by atoms with E-state index in [1.54, 1.807) is 35.2 Å². The van der Waals surface area contributed by atoms with Crippen molar-refractivity contribution in [3.05, 3.63) is 60.7 Å². The average Bonchev–Trinajstić information content (AvgIpc) is 3.14. The molecule has 0 bridgehead atoms. The molecule has 3 aromatic rings. The number of para-hydroxylation sites is 2. The fraction of sp³-hybridized carbons (Fsp3) is 0.250. The van der Waals surface area contributed by atoms with Crippen LogP contribution in [0, 0.1) is 0 Å². The number of hydrogen-bond acceptors (Lipinski definition) is 5. The Labute approximate surface area is 157 Å². The van der Waals surface area contributed by atoms with Crippen LogP contribution in [0.1, 0.15) is 10.4 Å². The third kappa shape index (κ3) is 3.62. The number of benzene rings is 1. The maximum atomic E-state index is 12.8. The number of carbonyl (C=O) groups excluding carboxylic acids is 1. The van der Waals surface area contributed by atoms with Crippen molar-refractivity contribution in [1.29, 1.82) is 0 Å². The molecular weight excluding hydrogens is 344 g/mol. The number of aryl methyl sites for hydroxylation is 1. The number of pyridine rings is 1.